The third kappa shape index (κ3) is 5.25. The monoisotopic (exact) mass is 268 g/mol. The molecule has 0 bridgehead atoms. The second kappa shape index (κ2) is 7.56. The molecule has 0 aromatic carbocycles. The van der Waals surface area contributed by atoms with Crippen LogP contribution in [-0.2, 0) is 4.74 Å². The molecule has 1 atom stereocenters. The standard InChI is InChI=1S/C15H25FN2O/c1-5-10-17-13(8-9-15(2,3)19-4)14-12(16)7-6-11-18-14/h6-7,11,13,17H,5,8-10H2,1-4H3. The van der Waals surface area contributed by atoms with Crippen molar-refractivity contribution in [3.05, 3.63) is 29.8 Å². The number of nitrogens with zero attached hydrogens (tertiary/aromatic N) is 1. The Balaban J connectivity index is 2.75. The maximum absolute atomic E-state index is 13.8. The van der Waals surface area contributed by atoms with Gasteiger partial charge in [0.2, 0.25) is 0 Å². The lowest BCUT2D eigenvalue weighted by Crippen LogP contribution is -2.28. The van der Waals surface area contributed by atoms with E-state index in [0.717, 1.165) is 25.8 Å². The van der Waals surface area contributed by atoms with E-state index in [9.17, 15) is 4.39 Å². The molecule has 0 aliphatic carbocycles. The molecule has 1 aromatic rings. The Kier molecular flexibility index (Phi) is 6.38. The van der Waals surface area contributed by atoms with Crippen molar-refractivity contribution in [1.29, 1.82) is 0 Å². The highest BCUT2D eigenvalue weighted by Crippen LogP contribution is 2.24. The maximum atomic E-state index is 13.8. The summed E-state index contributed by atoms with van der Waals surface area (Å²) in [6.45, 7) is 7.03. The summed E-state index contributed by atoms with van der Waals surface area (Å²) in [6.07, 6.45) is 4.30. The van der Waals surface area contributed by atoms with Crippen molar-refractivity contribution in [2.24, 2.45) is 0 Å². The van der Waals surface area contributed by atoms with Gasteiger partial charge in [-0.05, 0) is 51.8 Å². The van der Waals surface area contributed by atoms with Crippen molar-refractivity contribution in [1.82, 2.24) is 10.3 Å². The van der Waals surface area contributed by atoms with Gasteiger partial charge in [-0.3, -0.25) is 4.98 Å². The van der Waals surface area contributed by atoms with Gasteiger partial charge < -0.3 is 10.1 Å². The molecule has 0 aliphatic heterocycles. The molecule has 3 nitrogen and oxygen atoms in total. The first kappa shape index (κ1) is 16.1. The molecular weight excluding hydrogens is 243 g/mol. The zero-order chi connectivity index (χ0) is 14.3. The topological polar surface area (TPSA) is 34.1 Å². The summed E-state index contributed by atoms with van der Waals surface area (Å²) in [6, 6.07) is 3.02. The lowest BCUT2D eigenvalue weighted by molar-refractivity contribution is 0.0115. The van der Waals surface area contributed by atoms with Gasteiger partial charge in [-0.1, -0.05) is 6.92 Å². The minimum absolute atomic E-state index is 0.0597. The summed E-state index contributed by atoms with van der Waals surface area (Å²) in [4.78, 5) is 4.18. The average molecular weight is 268 g/mol. The SMILES string of the molecule is CCCNC(CCC(C)(C)OC)c1ncccc1F. The largest absolute Gasteiger partial charge is 0.379 e. The van der Waals surface area contributed by atoms with Crippen LogP contribution in [0.1, 0.15) is 51.8 Å². The van der Waals surface area contributed by atoms with E-state index >= 15 is 0 Å². The lowest BCUT2D eigenvalue weighted by Gasteiger charge is -2.26. The maximum Gasteiger partial charge on any atom is 0.146 e. The first-order valence-corrected chi connectivity index (χ1v) is 6.89. The average Bonchev–Trinajstić information content (AvgIpc) is 2.40. The van der Waals surface area contributed by atoms with Gasteiger partial charge in [0.1, 0.15) is 5.82 Å². The van der Waals surface area contributed by atoms with Crippen LogP contribution in [0, 0.1) is 5.82 Å². The number of methoxy groups -OCH3 is 1. The van der Waals surface area contributed by atoms with Crippen LogP contribution in [0.25, 0.3) is 0 Å². The summed E-state index contributed by atoms with van der Waals surface area (Å²) < 4.78 is 19.3. The molecule has 1 heterocycles. The summed E-state index contributed by atoms with van der Waals surface area (Å²) in [5.41, 5.74) is 0.306. The molecule has 0 aliphatic rings. The Bertz CT molecular complexity index is 382. The number of rotatable bonds is 8. The Morgan fingerprint density at radius 1 is 1.47 bits per heavy atom. The summed E-state index contributed by atoms with van der Waals surface area (Å²) >= 11 is 0. The first-order chi connectivity index (χ1) is 9.00. The fourth-order valence-corrected chi connectivity index (χ4v) is 1.90. The van der Waals surface area contributed by atoms with Crippen LogP contribution in [0.15, 0.2) is 18.3 Å². The number of hydrogen-bond acceptors (Lipinski definition) is 3. The van der Waals surface area contributed by atoms with E-state index < -0.39 is 0 Å². The molecule has 0 spiro atoms. The molecule has 0 radical (unpaired) electrons. The van der Waals surface area contributed by atoms with Crippen LogP contribution < -0.4 is 5.32 Å². The minimum Gasteiger partial charge on any atom is -0.379 e. The lowest BCUT2D eigenvalue weighted by atomic mass is 9.97. The van der Waals surface area contributed by atoms with Gasteiger partial charge in [-0.25, -0.2) is 4.39 Å². The Morgan fingerprint density at radius 3 is 2.79 bits per heavy atom. The number of halogens is 1. The van der Waals surface area contributed by atoms with Crippen molar-refractivity contribution in [3.8, 4) is 0 Å². The predicted molar refractivity (Wildman–Crippen MR) is 75.6 cm³/mol. The van der Waals surface area contributed by atoms with Crippen LogP contribution in [-0.4, -0.2) is 24.2 Å². The zero-order valence-corrected chi connectivity index (χ0v) is 12.4. The number of aromatic nitrogens is 1. The third-order valence-electron chi connectivity index (χ3n) is 3.35. The van der Waals surface area contributed by atoms with Gasteiger partial charge in [0, 0.05) is 13.3 Å². The normalized spacial score (nSPS) is 13.5. The predicted octanol–water partition coefficient (Wildman–Crippen LogP) is 3.47. The summed E-state index contributed by atoms with van der Waals surface area (Å²) in [7, 11) is 1.70. The molecule has 1 N–H and O–H groups in total. The van der Waals surface area contributed by atoms with E-state index in [2.05, 4.69) is 17.2 Å². The molecule has 1 rings (SSSR count). The molecule has 0 saturated heterocycles. The van der Waals surface area contributed by atoms with Gasteiger partial charge in [0.15, 0.2) is 0 Å². The number of ether oxygens (including phenoxy) is 1. The molecular formula is C15H25FN2O. The summed E-state index contributed by atoms with van der Waals surface area (Å²) in [5.74, 6) is -0.244. The number of pyridine rings is 1. The van der Waals surface area contributed by atoms with Gasteiger partial charge in [0.25, 0.3) is 0 Å². The number of hydrogen-bond donors (Lipinski definition) is 1. The molecule has 0 amide bonds. The smallest absolute Gasteiger partial charge is 0.146 e. The van der Waals surface area contributed by atoms with Crippen LogP contribution in [0.3, 0.4) is 0 Å². The molecule has 1 aromatic heterocycles. The van der Waals surface area contributed by atoms with Crippen molar-refractivity contribution in [2.45, 2.75) is 51.7 Å². The Labute approximate surface area is 115 Å². The molecule has 108 valence electrons. The molecule has 0 saturated carbocycles. The minimum atomic E-state index is -0.244. The van der Waals surface area contributed by atoms with Crippen molar-refractivity contribution >= 4 is 0 Å². The Hall–Kier alpha value is -1.00. The second-order valence-electron chi connectivity index (χ2n) is 5.38. The van der Waals surface area contributed by atoms with E-state index in [0.29, 0.717) is 5.69 Å². The van der Waals surface area contributed by atoms with Crippen LogP contribution in [0.5, 0.6) is 0 Å². The summed E-state index contributed by atoms with van der Waals surface area (Å²) in [5, 5.41) is 3.37. The zero-order valence-electron chi connectivity index (χ0n) is 12.4. The molecule has 4 heteroatoms. The molecule has 19 heavy (non-hydrogen) atoms. The highest BCUT2D eigenvalue weighted by molar-refractivity contribution is 5.11. The van der Waals surface area contributed by atoms with Crippen molar-refractivity contribution in [2.75, 3.05) is 13.7 Å². The molecule has 0 fully saturated rings. The fraction of sp³-hybridized carbons (Fsp3) is 0.667. The second-order valence-corrected chi connectivity index (χ2v) is 5.38. The van der Waals surface area contributed by atoms with E-state index in [1.807, 2.05) is 13.8 Å². The van der Waals surface area contributed by atoms with E-state index in [1.54, 1.807) is 19.4 Å². The van der Waals surface area contributed by atoms with Crippen LogP contribution >= 0.6 is 0 Å². The van der Waals surface area contributed by atoms with Crippen LogP contribution in [0.2, 0.25) is 0 Å². The van der Waals surface area contributed by atoms with Gasteiger partial charge >= 0.3 is 0 Å². The highest BCUT2D eigenvalue weighted by Gasteiger charge is 2.22. The third-order valence-corrected chi connectivity index (χ3v) is 3.35. The van der Waals surface area contributed by atoms with Crippen molar-refractivity contribution in [3.63, 3.8) is 0 Å². The molecule has 1 unspecified atom stereocenters. The van der Waals surface area contributed by atoms with Crippen molar-refractivity contribution < 1.29 is 9.13 Å². The number of nitrogens with one attached hydrogen (secondary N) is 1. The van der Waals surface area contributed by atoms with Gasteiger partial charge in [-0.15, -0.1) is 0 Å². The first-order valence-electron chi connectivity index (χ1n) is 6.89. The van der Waals surface area contributed by atoms with E-state index in [4.69, 9.17) is 4.74 Å². The van der Waals surface area contributed by atoms with E-state index in [-0.39, 0.29) is 17.5 Å². The highest BCUT2D eigenvalue weighted by atomic mass is 19.1. The van der Waals surface area contributed by atoms with Gasteiger partial charge in [0.05, 0.1) is 17.3 Å². The van der Waals surface area contributed by atoms with E-state index in [1.165, 1.54) is 6.07 Å². The Morgan fingerprint density at radius 2 is 2.21 bits per heavy atom. The fourth-order valence-electron chi connectivity index (χ4n) is 1.90. The van der Waals surface area contributed by atoms with Crippen LogP contribution in [0.4, 0.5) is 4.39 Å². The quantitative estimate of drug-likeness (QED) is 0.784. The van der Waals surface area contributed by atoms with Gasteiger partial charge in [-0.2, -0.15) is 0 Å².